The fourth-order valence-electron chi connectivity index (χ4n) is 2.30. The Bertz CT molecular complexity index is 843. The molecule has 0 atom stereocenters. The van der Waals surface area contributed by atoms with Gasteiger partial charge < -0.3 is 20.5 Å². The van der Waals surface area contributed by atoms with Crippen LogP contribution in [0.2, 0.25) is 0 Å². The zero-order valence-electron chi connectivity index (χ0n) is 13.3. The van der Waals surface area contributed by atoms with Crippen molar-refractivity contribution in [2.24, 2.45) is 4.99 Å². The number of H-pyrrole nitrogens is 1. The Morgan fingerprint density at radius 2 is 1.96 bits per heavy atom. The molecule has 0 bridgehead atoms. The van der Waals surface area contributed by atoms with Gasteiger partial charge in [-0.3, -0.25) is 15.0 Å². The standard InChI is InChI=1S/C17H18N4O4/c18-10-20-16-15(17(25)19-9-14(23)24)13(22)8-12(21-16)7-6-11-4-2-1-3-5-11/h1-5,8,10H,6-7,9H2,(H,19,25)(H,23,24)(H3,18,20,21,22). The van der Waals surface area contributed by atoms with Crippen LogP contribution in [0.3, 0.4) is 0 Å². The van der Waals surface area contributed by atoms with Gasteiger partial charge in [-0.1, -0.05) is 30.3 Å². The molecule has 0 spiro atoms. The fourth-order valence-corrected chi connectivity index (χ4v) is 2.30. The summed E-state index contributed by atoms with van der Waals surface area (Å²) in [7, 11) is 0. The number of carboxylic acids is 1. The van der Waals surface area contributed by atoms with Crippen molar-refractivity contribution in [3.05, 3.63) is 58.7 Å². The SMILES string of the molecule is N=C/N=c1\[nH]c(CCc2ccccc2)cc(O)c1C(=O)NCC(=O)O. The van der Waals surface area contributed by atoms with Crippen molar-refractivity contribution in [3.63, 3.8) is 0 Å². The van der Waals surface area contributed by atoms with Crippen LogP contribution in [0.15, 0.2) is 41.4 Å². The van der Waals surface area contributed by atoms with Crippen LogP contribution in [-0.4, -0.2) is 40.0 Å². The zero-order valence-corrected chi connectivity index (χ0v) is 13.3. The van der Waals surface area contributed by atoms with E-state index in [0.717, 1.165) is 11.9 Å². The maximum Gasteiger partial charge on any atom is 0.322 e. The summed E-state index contributed by atoms with van der Waals surface area (Å²) in [5.74, 6) is -2.32. The van der Waals surface area contributed by atoms with Crippen LogP contribution in [0.1, 0.15) is 21.6 Å². The Morgan fingerprint density at radius 3 is 2.60 bits per heavy atom. The highest BCUT2D eigenvalue weighted by molar-refractivity contribution is 5.97. The van der Waals surface area contributed by atoms with Crippen LogP contribution in [0.25, 0.3) is 0 Å². The molecule has 1 aromatic carbocycles. The van der Waals surface area contributed by atoms with E-state index >= 15 is 0 Å². The average Bonchev–Trinajstić information content (AvgIpc) is 2.59. The van der Waals surface area contributed by atoms with Crippen molar-refractivity contribution in [2.75, 3.05) is 6.54 Å². The Kier molecular flexibility index (Phi) is 6.05. The van der Waals surface area contributed by atoms with Crippen LogP contribution < -0.4 is 10.8 Å². The molecule has 0 saturated heterocycles. The van der Waals surface area contributed by atoms with Crippen LogP contribution in [-0.2, 0) is 17.6 Å². The molecule has 2 aromatic rings. The van der Waals surface area contributed by atoms with Gasteiger partial charge >= 0.3 is 5.97 Å². The van der Waals surface area contributed by atoms with Crippen molar-refractivity contribution in [2.45, 2.75) is 12.8 Å². The van der Waals surface area contributed by atoms with Crippen LogP contribution in [0, 0.1) is 5.41 Å². The first kappa shape index (κ1) is 17.9. The minimum absolute atomic E-state index is 0.000880. The first-order valence-corrected chi connectivity index (χ1v) is 7.53. The van der Waals surface area contributed by atoms with Crippen LogP contribution >= 0.6 is 0 Å². The third-order valence-electron chi connectivity index (χ3n) is 3.43. The molecular formula is C17H18N4O4. The van der Waals surface area contributed by atoms with Crippen LogP contribution in [0.5, 0.6) is 5.75 Å². The van der Waals surface area contributed by atoms with Crippen molar-refractivity contribution in [3.8, 4) is 5.75 Å². The van der Waals surface area contributed by atoms with Crippen molar-refractivity contribution >= 4 is 18.2 Å². The fraction of sp³-hybridized carbons (Fsp3) is 0.176. The molecule has 0 unspecified atom stereocenters. The number of nitrogens with zero attached hydrogens (tertiary/aromatic N) is 1. The summed E-state index contributed by atoms with van der Waals surface area (Å²) in [6.07, 6.45) is 2.01. The Labute approximate surface area is 143 Å². The minimum Gasteiger partial charge on any atom is -0.507 e. The third kappa shape index (κ3) is 5.03. The molecule has 0 saturated carbocycles. The quantitative estimate of drug-likeness (QED) is 0.375. The van der Waals surface area contributed by atoms with E-state index in [2.05, 4.69) is 15.3 Å². The van der Waals surface area contributed by atoms with E-state index in [0.29, 0.717) is 18.5 Å². The van der Waals surface area contributed by atoms with E-state index < -0.39 is 18.4 Å². The number of aromatic nitrogens is 1. The topological polar surface area (TPSA) is 139 Å². The van der Waals surface area contributed by atoms with E-state index in [-0.39, 0.29) is 16.8 Å². The molecule has 2 rings (SSSR count). The van der Waals surface area contributed by atoms with Gasteiger partial charge in [0, 0.05) is 11.8 Å². The second kappa shape index (κ2) is 8.44. The first-order valence-electron chi connectivity index (χ1n) is 7.53. The van der Waals surface area contributed by atoms with Gasteiger partial charge in [-0.25, -0.2) is 4.99 Å². The van der Waals surface area contributed by atoms with Crippen molar-refractivity contribution in [1.82, 2.24) is 10.3 Å². The molecule has 5 N–H and O–H groups in total. The lowest BCUT2D eigenvalue weighted by Gasteiger charge is -2.09. The lowest BCUT2D eigenvalue weighted by molar-refractivity contribution is -0.135. The first-order chi connectivity index (χ1) is 12.0. The summed E-state index contributed by atoms with van der Waals surface area (Å²) in [6.45, 7) is -0.585. The highest BCUT2D eigenvalue weighted by Crippen LogP contribution is 2.15. The Hall–Kier alpha value is -3.42. The largest absolute Gasteiger partial charge is 0.507 e. The number of aromatic hydroxyl groups is 1. The van der Waals surface area contributed by atoms with E-state index in [1.165, 1.54) is 6.07 Å². The second-order valence-electron chi connectivity index (χ2n) is 5.22. The molecule has 0 fully saturated rings. The van der Waals surface area contributed by atoms with Crippen LogP contribution in [0.4, 0.5) is 0 Å². The van der Waals surface area contributed by atoms with Gasteiger partial charge in [-0.15, -0.1) is 0 Å². The molecule has 0 aliphatic heterocycles. The minimum atomic E-state index is -1.21. The van der Waals surface area contributed by atoms with Gasteiger partial charge in [0.15, 0.2) is 0 Å². The molecular weight excluding hydrogens is 324 g/mol. The molecule has 8 nitrogen and oxygen atoms in total. The summed E-state index contributed by atoms with van der Waals surface area (Å²) in [5.41, 5.74) is 1.55. The molecule has 25 heavy (non-hydrogen) atoms. The summed E-state index contributed by atoms with van der Waals surface area (Å²) in [5, 5.41) is 28.1. The van der Waals surface area contributed by atoms with Gasteiger partial charge in [-0.2, -0.15) is 0 Å². The monoisotopic (exact) mass is 342 g/mol. The number of benzene rings is 1. The smallest absolute Gasteiger partial charge is 0.322 e. The summed E-state index contributed by atoms with van der Waals surface area (Å²) < 4.78 is 0. The molecule has 130 valence electrons. The van der Waals surface area contributed by atoms with E-state index in [1.807, 2.05) is 30.3 Å². The molecule has 1 heterocycles. The zero-order chi connectivity index (χ0) is 18.2. The molecule has 8 heteroatoms. The molecule has 1 amide bonds. The maximum absolute atomic E-state index is 12.1. The number of carboxylic acid groups (broad SMARTS) is 1. The normalized spacial score (nSPS) is 11.1. The van der Waals surface area contributed by atoms with Gasteiger partial charge in [0.2, 0.25) is 0 Å². The van der Waals surface area contributed by atoms with E-state index in [1.54, 1.807) is 0 Å². The van der Waals surface area contributed by atoms with Gasteiger partial charge in [-0.05, 0) is 18.4 Å². The number of pyridine rings is 1. The molecule has 0 aliphatic rings. The number of carbonyl (C=O) groups excluding carboxylic acids is 1. The second-order valence-corrected chi connectivity index (χ2v) is 5.22. The highest BCUT2D eigenvalue weighted by atomic mass is 16.4. The number of aromatic amines is 1. The van der Waals surface area contributed by atoms with Gasteiger partial charge in [0.25, 0.3) is 5.91 Å². The highest BCUT2D eigenvalue weighted by Gasteiger charge is 2.16. The molecule has 1 aromatic heterocycles. The third-order valence-corrected chi connectivity index (χ3v) is 3.43. The lowest BCUT2D eigenvalue weighted by atomic mass is 10.1. The number of amides is 1. The average molecular weight is 342 g/mol. The Balaban J connectivity index is 2.27. The van der Waals surface area contributed by atoms with Crippen molar-refractivity contribution in [1.29, 1.82) is 5.41 Å². The predicted octanol–water partition coefficient (Wildman–Crippen LogP) is 0.828. The lowest BCUT2D eigenvalue weighted by Crippen LogP contribution is -2.34. The number of hydrogen-bond acceptors (Lipinski definition) is 4. The number of aryl methyl sites for hydroxylation is 2. The van der Waals surface area contributed by atoms with Gasteiger partial charge in [0.1, 0.15) is 29.7 Å². The van der Waals surface area contributed by atoms with E-state index in [9.17, 15) is 14.7 Å². The summed E-state index contributed by atoms with van der Waals surface area (Å²) >= 11 is 0. The summed E-state index contributed by atoms with van der Waals surface area (Å²) in [6, 6.07) is 11.2. The number of hydrogen-bond donors (Lipinski definition) is 5. The summed E-state index contributed by atoms with van der Waals surface area (Å²) in [4.78, 5) is 29.3. The molecule has 0 aliphatic carbocycles. The number of rotatable bonds is 7. The number of carbonyl (C=O) groups is 2. The number of nitrogens with one attached hydrogen (secondary N) is 3. The van der Waals surface area contributed by atoms with Crippen molar-refractivity contribution < 1.29 is 19.8 Å². The Morgan fingerprint density at radius 1 is 1.24 bits per heavy atom. The molecule has 0 radical (unpaired) electrons. The van der Waals surface area contributed by atoms with Gasteiger partial charge in [0.05, 0.1) is 0 Å². The van der Waals surface area contributed by atoms with E-state index in [4.69, 9.17) is 10.5 Å². The number of aliphatic carboxylic acids is 1. The predicted molar refractivity (Wildman–Crippen MR) is 90.6 cm³/mol. The maximum atomic E-state index is 12.1.